The highest BCUT2D eigenvalue weighted by atomic mass is 35.5. The lowest BCUT2D eigenvalue weighted by molar-refractivity contribution is 0.0907. The summed E-state index contributed by atoms with van der Waals surface area (Å²) in [6.45, 7) is 6.23. The summed E-state index contributed by atoms with van der Waals surface area (Å²) in [5.74, 6) is 1.02. The molecule has 1 aromatic rings. The maximum absolute atomic E-state index is 12.6. The third-order valence-electron chi connectivity index (χ3n) is 3.96. The molecule has 2 atom stereocenters. The average Bonchev–Trinajstić information content (AvgIpc) is 2.94. The predicted molar refractivity (Wildman–Crippen MR) is 73.1 cm³/mol. The quantitative estimate of drug-likeness (QED) is 0.770. The van der Waals surface area contributed by atoms with Crippen molar-refractivity contribution in [2.24, 2.45) is 11.8 Å². The van der Waals surface area contributed by atoms with Gasteiger partial charge < -0.3 is 0 Å². The van der Waals surface area contributed by atoms with E-state index in [1.807, 2.05) is 13.8 Å². The van der Waals surface area contributed by atoms with Crippen LogP contribution in [0.25, 0.3) is 0 Å². The SMILES string of the molecule is CCC1CCC(C(=O)c2c(Cl)cnn2C(C)C)C1. The summed E-state index contributed by atoms with van der Waals surface area (Å²) in [6, 6.07) is 0.167. The summed E-state index contributed by atoms with van der Waals surface area (Å²) in [6.07, 6.45) is 5.92. The minimum atomic E-state index is 0.140. The standard InChI is InChI=1S/C14H21ClN2O/c1-4-10-5-6-11(7-10)14(18)13-12(15)8-16-17(13)9(2)3/h8-11H,4-7H2,1-3H3. The van der Waals surface area contributed by atoms with Crippen molar-refractivity contribution >= 4 is 17.4 Å². The van der Waals surface area contributed by atoms with Crippen LogP contribution in [0.3, 0.4) is 0 Å². The Hall–Kier alpha value is -0.830. The predicted octanol–water partition coefficient (Wildman–Crippen LogP) is 4.13. The van der Waals surface area contributed by atoms with Crippen LogP contribution in [-0.2, 0) is 0 Å². The van der Waals surface area contributed by atoms with Crippen molar-refractivity contribution in [3.63, 3.8) is 0 Å². The van der Waals surface area contributed by atoms with E-state index in [-0.39, 0.29) is 17.7 Å². The first-order valence-electron chi connectivity index (χ1n) is 6.81. The molecule has 0 aliphatic heterocycles. The summed E-state index contributed by atoms with van der Waals surface area (Å²) in [5.41, 5.74) is 0.605. The van der Waals surface area contributed by atoms with E-state index in [9.17, 15) is 4.79 Å². The molecule has 1 aromatic heterocycles. The molecule has 1 fully saturated rings. The average molecular weight is 269 g/mol. The fraction of sp³-hybridized carbons (Fsp3) is 0.714. The molecule has 4 heteroatoms. The van der Waals surface area contributed by atoms with Crippen LogP contribution in [0.2, 0.25) is 5.02 Å². The van der Waals surface area contributed by atoms with Crippen LogP contribution in [0.5, 0.6) is 0 Å². The molecule has 100 valence electrons. The second kappa shape index (κ2) is 5.43. The van der Waals surface area contributed by atoms with Crippen LogP contribution < -0.4 is 0 Å². The number of ketones is 1. The molecule has 0 aromatic carbocycles. The number of nitrogens with zero attached hydrogens (tertiary/aromatic N) is 2. The van der Waals surface area contributed by atoms with Gasteiger partial charge in [0.25, 0.3) is 0 Å². The molecule has 0 radical (unpaired) electrons. The van der Waals surface area contributed by atoms with Gasteiger partial charge in [-0.15, -0.1) is 0 Å². The Kier molecular flexibility index (Phi) is 4.10. The Morgan fingerprint density at radius 2 is 2.28 bits per heavy atom. The molecule has 2 rings (SSSR count). The number of hydrogen-bond donors (Lipinski definition) is 0. The molecule has 18 heavy (non-hydrogen) atoms. The lowest BCUT2D eigenvalue weighted by atomic mass is 9.97. The van der Waals surface area contributed by atoms with Crippen molar-refractivity contribution in [1.82, 2.24) is 9.78 Å². The molecule has 0 N–H and O–H groups in total. The van der Waals surface area contributed by atoms with E-state index in [2.05, 4.69) is 12.0 Å². The first-order chi connectivity index (χ1) is 8.54. The van der Waals surface area contributed by atoms with Crippen molar-refractivity contribution < 1.29 is 4.79 Å². The van der Waals surface area contributed by atoms with Gasteiger partial charge in [0.1, 0.15) is 5.69 Å². The van der Waals surface area contributed by atoms with Crippen LogP contribution >= 0.6 is 11.6 Å². The van der Waals surface area contributed by atoms with Crippen molar-refractivity contribution in [1.29, 1.82) is 0 Å². The van der Waals surface area contributed by atoms with Crippen LogP contribution in [0.1, 0.15) is 63.0 Å². The van der Waals surface area contributed by atoms with E-state index in [4.69, 9.17) is 11.6 Å². The van der Waals surface area contributed by atoms with Gasteiger partial charge in [-0.25, -0.2) is 0 Å². The van der Waals surface area contributed by atoms with Gasteiger partial charge >= 0.3 is 0 Å². The molecule has 0 amide bonds. The van der Waals surface area contributed by atoms with Crippen molar-refractivity contribution in [2.45, 2.75) is 52.5 Å². The molecule has 1 aliphatic carbocycles. The van der Waals surface area contributed by atoms with E-state index < -0.39 is 0 Å². The maximum Gasteiger partial charge on any atom is 0.185 e. The fourth-order valence-corrected chi connectivity index (χ4v) is 3.06. The molecular formula is C14H21ClN2O. The third-order valence-corrected chi connectivity index (χ3v) is 4.24. The topological polar surface area (TPSA) is 34.9 Å². The van der Waals surface area contributed by atoms with Crippen LogP contribution in [0.4, 0.5) is 0 Å². The van der Waals surface area contributed by atoms with E-state index >= 15 is 0 Å². The number of hydrogen-bond acceptors (Lipinski definition) is 2. The second-order valence-electron chi connectivity index (χ2n) is 5.53. The van der Waals surface area contributed by atoms with E-state index in [1.54, 1.807) is 10.9 Å². The summed E-state index contributed by atoms with van der Waals surface area (Å²) >= 11 is 6.13. The van der Waals surface area contributed by atoms with Crippen molar-refractivity contribution in [3.8, 4) is 0 Å². The van der Waals surface area contributed by atoms with Gasteiger partial charge in [-0.3, -0.25) is 9.48 Å². The van der Waals surface area contributed by atoms with Crippen molar-refractivity contribution in [2.75, 3.05) is 0 Å². The van der Waals surface area contributed by atoms with Crippen molar-refractivity contribution in [3.05, 3.63) is 16.9 Å². The summed E-state index contributed by atoms with van der Waals surface area (Å²) < 4.78 is 1.75. The highest BCUT2D eigenvalue weighted by Gasteiger charge is 2.32. The first kappa shape index (κ1) is 13.6. The minimum absolute atomic E-state index is 0.140. The smallest absolute Gasteiger partial charge is 0.185 e. The molecule has 0 saturated heterocycles. The molecule has 1 saturated carbocycles. The largest absolute Gasteiger partial charge is 0.292 e. The van der Waals surface area contributed by atoms with Gasteiger partial charge in [-0.1, -0.05) is 24.9 Å². The number of Topliss-reactive ketones (excluding diaryl/α,β-unsaturated/α-hetero) is 1. The van der Waals surface area contributed by atoms with E-state index in [0.29, 0.717) is 16.6 Å². The zero-order valence-electron chi connectivity index (χ0n) is 11.3. The first-order valence-corrected chi connectivity index (χ1v) is 7.19. The Labute approximate surface area is 114 Å². The third kappa shape index (κ3) is 2.46. The number of rotatable bonds is 4. The van der Waals surface area contributed by atoms with Crippen LogP contribution in [0, 0.1) is 11.8 Å². The zero-order chi connectivity index (χ0) is 13.3. The molecule has 3 nitrogen and oxygen atoms in total. The minimum Gasteiger partial charge on any atom is -0.292 e. The van der Waals surface area contributed by atoms with Crippen LogP contribution in [0.15, 0.2) is 6.20 Å². The molecule has 0 spiro atoms. The van der Waals surface area contributed by atoms with Gasteiger partial charge in [-0.2, -0.15) is 5.10 Å². The number of carbonyl (C=O) groups is 1. The Morgan fingerprint density at radius 3 is 2.83 bits per heavy atom. The Bertz CT molecular complexity index is 439. The maximum atomic E-state index is 12.6. The monoisotopic (exact) mass is 268 g/mol. The van der Waals surface area contributed by atoms with Gasteiger partial charge in [0, 0.05) is 12.0 Å². The molecule has 1 aliphatic rings. The highest BCUT2D eigenvalue weighted by Crippen LogP contribution is 2.36. The highest BCUT2D eigenvalue weighted by molar-refractivity contribution is 6.33. The van der Waals surface area contributed by atoms with Gasteiger partial charge in [0.05, 0.1) is 11.2 Å². The second-order valence-corrected chi connectivity index (χ2v) is 5.94. The molecule has 0 bridgehead atoms. The molecular weight excluding hydrogens is 248 g/mol. The summed E-state index contributed by atoms with van der Waals surface area (Å²) in [7, 11) is 0. The fourth-order valence-electron chi connectivity index (χ4n) is 2.84. The van der Waals surface area contributed by atoms with E-state index in [1.165, 1.54) is 12.8 Å². The van der Waals surface area contributed by atoms with Gasteiger partial charge in [0.2, 0.25) is 0 Å². The lowest BCUT2D eigenvalue weighted by Crippen LogP contribution is -2.19. The van der Waals surface area contributed by atoms with Gasteiger partial charge in [0.15, 0.2) is 5.78 Å². The molecule has 2 unspecified atom stereocenters. The zero-order valence-corrected chi connectivity index (χ0v) is 12.1. The Morgan fingerprint density at radius 1 is 1.56 bits per heavy atom. The number of halogens is 1. The lowest BCUT2D eigenvalue weighted by Gasteiger charge is -2.14. The molecule has 1 heterocycles. The van der Waals surface area contributed by atoms with E-state index in [0.717, 1.165) is 12.8 Å². The summed E-state index contributed by atoms with van der Waals surface area (Å²) in [4.78, 5) is 12.6. The Balaban J connectivity index is 2.21. The number of aromatic nitrogens is 2. The van der Waals surface area contributed by atoms with Gasteiger partial charge in [-0.05, 0) is 39.0 Å². The summed E-state index contributed by atoms with van der Waals surface area (Å²) in [5, 5.41) is 4.70. The van der Waals surface area contributed by atoms with Crippen LogP contribution in [-0.4, -0.2) is 15.6 Å². The number of carbonyl (C=O) groups excluding carboxylic acids is 1. The normalized spacial score (nSPS) is 23.8.